The van der Waals surface area contributed by atoms with E-state index in [0.29, 0.717) is 10.7 Å². The van der Waals surface area contributed by atoms with Crippen LogP contribution >= 0.6 is 11.6 Å². The highest BCUT2D eigenvalue weighted by Gasteiger charge is 2.46. The Morgan fingerprint density at radius 3 is 2.44 bits per heavy atom. The maximum atomic E-state index is 13.2. The van der Waals surface area contributed by atoms with Crippen molar-refractivity contribution < 1.29 is 4.79 Å². The van der Waals surface area contributed by atoms with Crippen molar-refractivity contribution in [1.82, 2.24) is 15.1 Å². The molecule has 4 rings (SSSR count). The number of aryl methyl sites for hydroxylation is 1. The Hall–Kier alpha value is -2.59. The SMILES string of the molecule is Cc1ccc(-c2n[nH]c3c2C(c2cccc(Cl)c2)N(C(C)(C)C)C3=O)cc1. The molecule has 2 aromatic carbocycles. The molecule has 0 saturated heterocycles. The molecule has 3 aromatic rings. The van der Waals surface area contributed by atoms with Crippen molar-refractivity contribution in [3.63, 3.8) is 0 Å². The zero-order valence-corrected chi connectivity index (χ0v) is 16.6. The lowest BCUT2D eigenvalue weighted by Gasteiger charge is -2.37. The van der Waals surface area contributed by atoms with Gasteiger partial charge in [-0.15, -0.1) is 0 Å². The number of aromatic nitrogens is 2. The predicted octanol–water partition coefficient (Wildman–Crippen LogP) is 5.38. The van der Waals surface area contributed by atoms with E-state index in [1.165, 1.54) is 5.56 Å². The lowest BCUT2D eigenvalue weighted by Crippen LogP contribution is -2.44. The normalized spacial score (nSPS) is 16.7. The first-order valence-electron chi connectivity index (χ1n) is 9.02. The highest BCUT2D eigenvalue weighted by atomic mass is 35.5. The second kappa shape index (κ2) is 6.24. The molecular weight excluding hydrogens is 358 g/mol. The first-order valence-corrected chi connectivity index (χ1v) is 9.39. The molecule has 1 N–H and O–H groups in total. The van der Waals surface area contributed by atoms with Crippen LogP contribution in [0.1, 0.15) is 54.0 Å². The van der Waals surface area contributed by atoms with Gasteiger partial charge in [0.1, 0.15) is 5.69 Å². The van der Waals surface area contributed by atoms with E-state index in [2.05, 4.69) is 29.3 Å². The molecule has 2 heterocycles. The van der Waals surface area contributed by atoms with Gasteiger partial charge in [0.2, 0.25) is 0 Å². The third kappa shape index (κ3) is 2.94. The van der Waals surface area contributed by atoms with Crippen LogP contribution in [0.5, 0.6) is 0 Å². The van der Waals surface area contributed by atoms with E-state index in [9.17, 15) is 4.79 Å². The van der Waals surface area contributed by atoms with Crippen LogP contribution < -0.4 is 0 Å². The third-order valence-electron chi connectivity index (χ3n) is 4.98. The van der Waals surface area contributed by atoms with Gasteiger partial charge in [0.05, 0.1) is 11.7 Å². The maximum absolute atomic E-state index is 13.2. The molecular formula is C22H22ClN3O. The van der Waals surface area contributed by atoms with Crippen molar-refractivity contribution in [1.29, 1.82) is 0 Å². The number of amides is 1. The number of aromatic amines is 1. The van der Waals surface area contributed by atoms with Gasteiger partial charge >= 0.3 is 0 Å². The van der Waals surface area contributed by atoms with Gasteiger partial charge in [-0.05, 0) is 45.4 Å². The van der Waals surface area contributed by atoms with Gasteiger partial charge in [-0.2, -0.15) is 5.10 Å². The molecule has 0 aliphatic carbocycles. The minimum Gasteiger partial charge on any atom is -0.321 e. The Morgan fingerprint density at radius 1 is 1.11 bits per heavy atom. The van der Waals surface area contributed by atoms with Crippen LogP contribution in [-0.4, -0.2) is 26.5 Å². The summed E-state index contributed by atoms with van der Waals surface area (Å²) in [5.41, 5.74) is 5.10. The quantitative estimate of drug-likeness (QED) is 0.649. The molecule has 4 nitrogen and oxygen atoms in total. The van der Waals surface area contributed by atoms with E-state index in [0.717, 1.165) is 22.4 Å². The number of H-pyrrole nitrogens is 1. The topological polar surface area (TPSA) is 49.0 Å². The summed E-state index contributed by atoms with van der Waals surface area (Å²) < 4.78 is 0. The summed E-state index contributed by atoms with van der Waals surface area (Å²) in [6, 6.07) is 15.7. The fourth-order valence-corrected chi connectivity index (χ4v) is 3.96. The molecule has 27 heavy (non-hydrogen) atoms. The summed E-state index contributed by atoms with van der Waals surface area (Å²) in [7, 11) is 0. The van der Waals surface area contributed by atoms with Crippen molar-refractivity contribution in [2.24, 2.45) is 0 Å². The Bertz CT molecular complexity index is 1010. The van der Waals surface area contributed by atoms with Crippen LogP contribution in [0.2, 0.25) is 5.02 Å². The van der Waals surface area contributed by atoms with Gasteiger partial charge in [-0.1, -0.05) is 53.6 Å². The summed E-state index contributed by atoms with van der Waals surface area (Å²) in [6.45, 7) is 8.20. The van der Waals surface area contributed by atoms with Gasteiger partial charge in [-0.3, -0.25) is 9.89 Å². The van der Waals surface area contributed by atoms with Crippen LogP contribution in [0.25, 0.3) is 11.3 Å². The summed E-state index contributed by atoms with van der Waals surface area (Å²) >= 11 is 6.27. The van der Waals surface area contributed by atoms with Gasteiger partial charge in [0, 0.05) is 21.7 Å². The standard InChI is InChI=1S/C22H22ClN3O/c1-13-8-10-14(11-9-13)18-17-19(25-24-18)21(27)26(22(2,3)4)20(17)15-6-5-7-16(23)12-15/h5-12,20H,1-4H3,(H,24,25). The van der Waals surface area contributed by atoms with E-state index in [4.69, 9.17) is 11.6 Å². The molecule has 0 fully saturated rings. The number of halogens is 1. The minimum atomic E-state index is -0.353. The fraction of sp³-hybridized carbons (Fsp3) is 0.273. The largest absolute Gasteiger partial charge is 0.321 e. The molecule has 1 aliphatic rings. The van der Waals surface area contributed by atoms with Gasteiger partial charge in [-0.25, -0.2) is 0 Å². The molecule has 1 aliphatic heterocycles. The highest BCUT2D eigenvalue weighted by molar-refractivity contribution is 6.30. The Kier molecular flexibility index (Phi) is 4.11. The first-order chi connectivity index (χ1) is 12.8. The smallest absolute Gasteiger partial charge is 0.273 e. The number of benzene rings is 2. The lowest BCUT2D eigenvalue weighted by molar-refractivity contribution is 0.0546. The average molecular weight is 380 g/mol. The number of hydrogen-bond donors (Lipinski definition) is 1. The zero-order valence-electron chi connectivity index (χ0n) is 15.9. The van der Waals surface area contributed by atoms with Crippen molar-refractivity contribution in [2.45, 2.75) is 39.3 Å². The van der Waals surface area contributed by atoms with Crippen molar-refractivity contribution in [2.75, 3.05) is 0 Å². The van der Waals surface area contributed by atoms with Crippen molar-refractivity contribution in [3.8, 4) is 11.3 Å². The van der Waals surface area contributed by atoms with Gasteiger partial charge < -0.3 is 4.90 Å². The predicted molar refractivity (Wildman–Crippen MR) is 108 cm³/mol. The molecule has 5 heteroatoms. The maximum Gasteiger partial charge on any atom is 0.273 e. The summed E-state index contributed by atoms with van der Waals surface area (Å²) in [5.74, 6) is -0.0339. The molecule has 1 unspecified atom stereocenters. The summed E-state index contributed by atoms with van der Waals surface area (Å²) in [4.78, 5) is 15.1. The second-order valence-corrected chi connectivity index (χ2v) is 8.47. The second-order valence-electron chi connectivity index (χ2n) is 8.03. The van der Waals surface area contributed by atoms with E-state index in [-0.39, 0.29) is 17.5 Å². The molecule has 1 aromatic heterocycles. The van der Waals surface area contributed by atoms with Crippen LogP contribution in [0, 0.1) is 6.92 Å². The molecule has 1 amide bonds. The van der Waals surface area contributed by atoms with E-state index < -0.39 is 0 Å². The number of hydrogen-bond acceptors (Lipinski definition) is 2. The Labute approximate surface area is 164 Å². The van der Waals surface area contributed by atoms with Crippen LogP contribution in [0.3, 0.4) is 0 Å². The average Bonchev–Trinajstić information content (AvgIpc) is 3.14. The van der Waals surface area contributed by atoms with E-state index in [1.807, 2.05) is 62.1 Å². The molecule has 0 radical (unpaired) electrons. The number of nitrogens with zero attached hydrogens (tertiary/aromatic N) is 2. The van der Waals surface area contributed by atoms with Crippen molar-refractivity contribution >= 4 is 17.5 Å². The van der Waals surface area contributed by atoms with Crippen LogP contribution in [-0.2, 0) is 0 Å². The van der Waals surface area contributed by atoms with Gasteiger partial charge in [0.25, 0.3) is 5.91 Å². The van der Waals surface area contributed by atoms with Crippen LogP contribution in [0.15, 0.2) is 48.5 Å². The highest BCUT2D eigenvalue weighted by Crippen LogP contribution is 2.46. The monoisotopic (exact) mass is 379 g/mol. The summed E-state index contributed by atoms with van der Waals surface area (Å²) in [6.07, 6.45) is 0. The lowest BCUT2D eigenvalue weighted by atomic mass is 9.93. The van der Waals surface area contributed by atoms with E-state index in [1.54, 1.807) is 0 Å². The molecule has 0 spiro atoms. The first kappa shape index (κ1) is 17.8. The number of rotatable bonds is 2. The Morgan fingerprint density at radius 2 is 1.81 bits per heavy atom. The fourth-order valence-electron chi connectivity index (χ4n) is 3.76. The van der Waals surface area contributed by atoms with E-state index >= 15 is 0 Å². The number of fused-ring (bicyclic) bond motifs is 1. The number of carbonyl (C=O) groups excluding carboxylic acids is 1. The molecule has 138 valence electrons. The third-order valence-corrected chi connectivity index (χ3v) is 5.22. The zero-order chi connectivity index (χ0) is 19.3. The molecule has 0 bridgehead atoms. The minimum absolute atomic E-state index is 0.0339. The Balaban J connectivity index is 1.95. The van der Waals surface area contributed by atoms with Gasteiger partial charge in [0.15, 0.2) is 0 Å². The summed E-state index contributed by atoms with van der Waals surface area (Å²) in [5, 5.41) is 8.14. The van der Waals surface area contributed by atoms with Crippen molar-refractivity contribution in [3.05, 3.63) is 75.9 Å². The van der Waals surface area contributed by atoms with Crippen LogP contribution in [0.4, 0.5) is 0 Å². The molecule has 0 saturated carbocycles. The number of nitrogens with one attached hydrogen (secondary N) is 1. The number of carbonyl (C=O) groups is 1. The molecule has 1 atom stereocenters.